The molecule has 4 heteroatoms. The van der Waals surface area contributed by atoms with Gasteiger partial charge in [0.2, 0.25) is 0 Å². The van der Waals surface area contributed by atoms with Crippen molar-refractivity contribution in [2.45, 2.75) is 58.6 Å². The van der Waals surface area contributed by atoms with Gasteiger partial charge in [-0.1, -0.05) is 20.8 Å². The van der Waals surface area contributed by atoms with Crippen molar-refractivity contribution in [3.8, 4) is 0 Å². The van der Waals surface area contributed by atoms with Crippen LogP contribution in [0.1, 0.15) is 46.5 Å². The van der Waals surface area contributed by atoms with Gasteiger partial charge in [0.1, 0.15) is 0 Å². The minimum absolute atomic E-state index is 0.0257. The van der Waals surface area contributed by atoms with Crippen LogP contribution in [0.15, 0.2) is 0 Å². The Morgan fingerprint density at radius 3 is 2.18 bits per heavy atom. The van der Waals surface area contributed by atoms with E-state index in [1.165, 1.54) is 0 Å². The van der Waals surface area contributed by atoms with Gasteiger partial charge in [-0.25, -0.2) is 4.79 Å². The van der Waals surface area contributed by atoms with Gasteiger partial charge in [-0.2, -0.15) is 0 Å². The van der Waals surface area contributed by atoms with Crippen molar-refractivity contribution in [2.24, 2.45) is 11.3 Å². The zero-order valence-corrected chi connectivity index (χ0v) is 11.3. The Morgan fingerprint density at radius 1 is 1.29 bits per heavy atom. The normalized spacial score (nSPS) is 27.5. The monoisotopic (exact) mass is 243 g/mol. The standard InChI is InChI=1S/C13H25NO3/c1-13(2,3)11(14-12(15)16)9-5-7-10(17-4)8-6-9/h9-11,14H,5-8H2,1-4H3,(H,15,16)/t9-,10-,11?. The molecule has 0 spiro atoms. The Kier molecular flexibility index (Phi) is 4.80. The fourth-order valence-electron chi connectivity index (χ4n) is 2.83. The molecule has 1 saturated carbocycles. The molecule has 0 bridgehead atoms. The summed E-state index contributed by atoms with van der Waals surface area (Å²) >= 11 is 0. The molecule has 1 amide bonds. The van der Waals surface area contributed by atoms with E-state index < -0.39 is 6.09 Å². The minimum atomic E-state index is -0.918. The minimum Gasteiger partial charge on any atom is -0.465 e. The molecule has 1 aliphatic carbocycles. The Hall–Kier alpha value is -0.770. The molecule has 0 aromatic heterocycles. The summed E-state index contributed by atoms with van der Waals surface area (Å²) in [6, 6.07) is 0.0257. The highest BCUT2D eigenvalue weighted by Crippen LogP contribution is 2.35. The summed E-state index contributed by atoms with van der Waals surface area (Å²) in [6.45, 7) is 6.28. The van der Waals surface area contributed by atoms with Crippen LogP contribution >= 0.6 is 0 Å². The molecule has 2 N–H and O–H groups in total. The van der Waals surface area contributed by atoms with Gasteiger partial charge >= 0.3 is 6.09 Å². The van der Waals surface area contributed by atoms with Crippen molar-refractivity contribution in [1.29, 1.82) is 0 Å². The molecule has 1 aliphatic rings. The third-order valence-corrected chi connectivity index (χ3v) is 3.74. The first kappa shape index (κ1) is 14.3. The number of carboxylic acid groups (broad SMARTS) is 1. The summed E-state index contributed by atoms with van der Waals surface area (Å²) in [7, 11) is 1.75. The van der Waals surface area contributed by atoms with E-state index in [-0.39, 0.29) is 11.5 Å². The fraction of sp³-hybridized carbons (Fsp3) is 0.923. The van der Waals surface area contributed by atoms with Gasteiger partial charge in [0, 0.05) is 13.2 Å². The Bertz CT molecular complexity index is 252. The van der Waals surface area contributed by atoms with Crippen molar-refractivity contribution in [1.82, 2.24) is 5.32 Å². The molecule has 0 aromatic carbocycles. The molecule has 1 atom stereocenters. The first-order valence-corrected chi connectivity index (χ1v) is 6.37. The fourth-order valence-corrected chi connectivity index (χ4v) is 2.83. The number of hydrogen-bond acceptors (Lipinski definition) is 2. The second-order valence-electron chi connectivity index (χ2n) is 6.07. The van der Waals surface area contributed by atoms with E-state index in [1.54, 1.807) is 7.11 Å². The Morgan fingerprint density at radius 2 is 1.82 bits per heavy atom. The molecule has 0 aliphatic heterocycles. The lowest BCUT2D eigenvalue weighted by atomic mass is 9.72. The van der Waals surface area contributed by atoms with Gasteiger partial charge in [0.05, 0.1) is 6.10 Å². The van der Waals surface area contributed by atoms with Crippen LogP contribution in [0.25, 0.3) is 0 Å². The van der Waals surface area contributed by atoms with Crippen LogP contribution in [-0.2, 0) is 4.74 Å². The van der Waals surface area contributed by atoms with E-state index in [0.29, 0.717) is 12.0 Å². The molecule has 1 fully saturated rings. The van der Waals surface area contributed by atoms with E-state index in [2.05, 4.69) is 26.1 Å². The maximum atomic E-state index is 10.9. The van der Waals surface area contributed by atoms with Crippen LogP contribution < -0.4 is 5.32 Å². The lowest BCUT2D eigenvalue weighted by molar-refractivity contribution is 0.0392. The average molecular weight is 243 g/mol. The molecule has 17 heavy (non-hydrogen) atoms. The summed E-state index contributed by atoms with van der Waals surface area (Å²) in [5.74, 6) is 0.428. The molecular weight excluding hydrogens is 218 g/mol. The SMILES string of the molecule is CO[C@H]1CC[C@H](C(NC(=O)O)C(C)(C)C)CC1. The van der Waals surface area contributed by atoms with Crippen LogP contribution in [0, 0.1) is 11.3 Å². The number of carbonyl (C=O) groups is 1. The van der Waals surface area contributed by atoms with Gasteiger partial charge < -0.3 is 15.2 Å². The van der Waals surface area contributed by atoms with Crippen LogP contribution in [0.4, 0.5) is 4.79 Å². The summed E-state index contributed by atoms with van der Waals surface area (Å²) in [4.78, 5) is 10.9. The molecule has 0 heterocycles. The zero-order valence-electron chi connectivity index (χ0n) is 11.3. The summed E-state index contributed by atoms with van der Waals surface area (Å²) < 4.78 is 5.35. The second kappa shape index (κ2) is 5.71. The topological polar surface area (TPSA) is 58.6 Å². The molecule has 0 aromatic rings. The molecule has 1 rings (SSSR count). The van der Waals surface area contributed by atoms with Crippen molar-refractivity contribution in [2.75, 3.05) is 7.11 Å². The predicted octanol–water partition coefficient (Wildman–Crippen LogP) is 2.87. The van der Waals surface area contributed by atoms with Gasteiger partial charge in [0.25, 0.3) is 0 Å². The van der Waals surface area contributed by atoms with Gasteiger partial charge in [0.15, 0.2) is 0 Å². The van der Waals surface area contributed by atoms with E-state index in [9.17, 15) is 4.79 Å². The molecule has 4 nitrogen and oxygen atoms in total. The summed E-state index contributed by atoms with van der Waals surface area (Å²) in [6.07, 6.45) is 3.60. The summed E-state index contributed by atoms with van der Waals surface area (Å²) in [5, 5.41) is 11.6. The highest BCUT2D eigenvalue weighted by molar-refractivity contribution is 5.65. The van der Waals surface area contributed by atoms with Crippen LogP contribution in [0.5, 0.6) is 0 Å². The third kappa shape index (κ3) is 4.19. The second-order valence-corrected chi connectivity index (χ2v) is 6.07. The largest absolute Gasteiger partial charge is 0.465 e. The van der Waals surface area contributed by atoms with E-state index in [0.717, 1.165) is 25.7 Å². The maximum absolute atomic E-state index is 10.9. The third-order valence-electron chi connectivity index (χ3n) is 3.74. The quantitative estimate of drug-likeness (QED) is 0.801. The van der Waals surface area contributed by atoms with Crippen molar-refractivity contribution in [3.05, 3.63) is 0 Å². The lowest BCUT2D eigenvalue weighted by Crippen LogP contribution is -2.49. The number of rotatable bonds is 3. The molecule has 1 unspecified atom stereocenters. The Balaban J connectivity index is 2.62. The average Bonchev–Trinajstić information content (AvgIpc) is 2.24. The van der Waals surface area contributed by atoms with E-state index in [4.69, 9.17) is 9.84 Å². The predicted molar refractivity (Wildman–Crippen MR) is 67.2 cm³/mol. The first-order valence-electron chi connectivity index (χ1n) is 6.37. The lowest BCUT2D eigenvalue weighted by Gasteiger charge is -2.40. The smallest absolute Gasteiger partial charge is 0.404 e. The van der Waals surface area contributed by atoms with Crippen LogP contribution in [-0.4, -0.2) is 30.5 Å². The van der Waals surface area contributed by atoms with Gasteiger partial charge in [-0.3, -0.25) is 0 Å². The van der Waals surface area contributed by atoms with Gasteiger partial charge in [-0.15, -0.1) is 0 Å². The van der Waals surface area contributed by atoms with Crippen molar-refractivity contribution in [3.63, 3.8) is 0 Å². The number of ether oxygens (including phenoxy) is 1. The first-order chi connectivity index (χ1) is 7.84. The van der Waals surface area contributed by atoms with Crippen molar-refractivity contribution >= 4 is 6.09 Å². The van der Waals surface area contributed by atoms with Gasteiger partial charge in [-0.05, 0) is 37.0 Å². The molecule has 100 valence electrons. The molecule has 0 saturated heterocycles. The van der Waals surface area contributed by atoms with Crippen molar-refractivity contribution < 1.29 is 14.6 Å². The highest BCUT2D eigenvalue weighted by Gasteiger charge is 2.35. The number of methoxy groups -OCH3 is 1. The number of nitrogens with one attached hydrogen (secondary N) is 1. The Labute approximate surface area is 104 Å². The number of amides is 1. The van der Waals surface area contributed by atoms with Crippen LogP contribution in [0.2, 0.25) is 0 Å². The number of hydrogen-bond donors (Lipinski definition) is 2. The molecular formula is C13H25NO3. The highest BCUT2D eigenvalue weighted by atomic mass is 16.5. The zero-order chi connectivity index (χ0) is 13.1. The van der Waals surface area contributed by atoms with E-state index in [1.807, 2.05) is 0 Å². The maximum Gasteiger partial charge on any atom is 0.404 e. The summed E-state index contributed by atoms with van der Waals surface area (Å²) in [5.41, 5.74) is -0.0387. The van der Waals surface area contributed by atoms with E-state index >= 15 is 0 Å². The molecule has 0 radical (unpaired) electrons. The van der Waals surface area contributed by atoms with Crippen LogP contribution in [0.3, 0.4) is 0 Å².